The summed E-state index contributed by atoms with van der Waals surface area (Å²) in [6.07, 6.45) is 9.85. The number of benzene rings is 1. The quantitative estimate of drug-likeness (QED) is 0.708. The van der Waals surface area contributed by atoms with E-state index in [0.29, 0.717) is 11.3 Å². The lowest BCUT2D eigenvalue weighted by molar-refractivity contribution is 0.152. The first-order chi connectivity index (χ1) is 13.6. The maximum Gasteiger partial charge on any atom is 0.222 e. The third-order valence-electron chi connectivity index (χ3n) is 5.73. The van der Waals surface area contributed by atoms with E-state index in [2.05, 4.69) is 58.3 Å². The number of likely N-dealkylation sites (tertiary alicyclic amines) is 1. The zero-order valence-electron chi connectivity index (χ0n) is 17.2. The molecule has 0 aliphatic carbocycles. The van der Waals surface area contributed by atoms with Gasteiger partial charge in [-0.1, -0.05) is 31.0 Å². The smallest absolute Gasteiger partial charge is 0.222 e. The largest absolute Gasteiger partial charge is 0.314 e. The fourth-order valence-corrected chi connectivity index (χ4v) is 4.13. The summed E-state index contributed by atoms with van der Waals surface area (Å²) in [6.45, 7) is 8.02. The van der Waals surface area contributed by atoms with Crippen molar-refractivity contribution in [3.63, 3.8) is 0 Å². The lowest BCUT2D eigenvalue weighted by Gasteiger charge is -2.33. The van der Waals surface area contributed by atoms with Gasteiger partial charge in [0.2, 0.25) is 5.28 Å². The normalized spacial score (nSPS) is 23.0. The molecule has 0 spiro atoms. The molecule has 5 heteroatoms. The number of nitrogens with one attached hydrogen (secondary N) is 1. The Bertz CT molecular complexity index is 730. The third-order valence-corrected chi connectivity index (χ3v) is 5.91. The van der Waals surface area contributed by atoms with Crippen LogP contribution in [0.15, 0.2) is 36.5 Å². The molecule has 152 valence electrons. The molecule has 3 heterocycles. The van der Waals surface area contributed by atoms with Crippen LogP contribution in [0.1, 0.15) is 57.9 Å². The number of hydrogen-bond donors (Lipinski definition) is 1. The van der Waals surface area contributed by atoms with Gasteiger partial charge in [-0.15, -0.1) is 0 Å². The van der Waals surface area contributed by atoms with Crippen molar-refractivity contribution in [2.75, 3.05) is 13.1 Å². The van der Waals surface area contributed by atoms with Crippen LogP contribution >= 0.6 is 11.6 Å². The molecule has 2 saturated heterocycles. The van der Waals surface area contributed by atoms with E-state index in [9.17, 15) is 0 Å². The van der Waals surface area contributed by atoms with Crippen molar-refractivity contribution in [2.24, 2.45) is 0 Å². The Labute approximate surface area is 174 Å². The van der Waals surface area contributed by atoms with Crippen LogP contribution in [0, 0.1) is 0 Å². The van der Waals surface area contributed by atoms with Crippen LogP contribution in [0.5, 0.6) is 0 Å². The molecule has 2 aliphatic rings. The van der Waals surface area contributed by atoms with Gasteiger partial charge in [-0.05, 0) is 81.9 Å². The van der Waals surface area contributed by atoms with Crippen LogP contribution in [0.3, 0.4) is 0 Å². The molecule has 1 aromatic carbocycles. The molecule has 0 bridgehead atoms. The van der Waals surface area contributed by atoms with Gasteiger partial charge in [-0.2, -0.15) is 0 Å². The Morgan fingerprint density at radius 3 is 2.64 bits per heavy atom. The molecule has 2 aliphatic heterocycles. The fourth-order valence-electron chi connectivity index (χ4n) is 3.98. The molecule has 28 heavy (non-hydrogen) atoms. The van der Waals surface area contributed by atoms with Gasteiger partial charge in [-0.3, -0.25) is 4.90 Å². The summed E-state index contributed by atoms with van der Waals surface area (Å²) in [5, 5.41) is 3.68. The first-order valence-electron chi connectivity index (χ1n) is 10.7. The molecular formula is C23H33ClN4. The highest BCUT2D eigenvalue weighted by molar-refractivity contribution is 6.28. The summed E-state index contributed by atoms with van der Waals surface area (Å²) in [4.78, 5) is 10.8. The van der Waals surface area contributed by atoms with Crippen molar-refractivity contribution in [1.82, 2.24) is 20.2 Å². The summed E-state index contributed by atoms with van der Waals surface area (Å²) in [5.41, 5.74) is 3.31. The highest BCUT2D eigenvalue weighted by atomic mass is 35.5. The molecule has 1 N–H and O–H groups in total. The molecule has 2 atom stereocenters. The summed E-state index contributed by atoms with van der Waals surface area (Å²) < 4.78 is 0. The zero-order chi connectivity index (χ0) is 19.8. The topological polar surface area (TPSA) is 41.0 Å². The van der Waals surface area contributed by atoms with Gasteiger partial charge in [0, 0.05) is 30.4 Å². The Morgan fingerprint density at radius 1 is 1.11 bits per heavy atom. The van der Waals surface area contributed by atoms with E-state index in [1.54, 1.807) is 6.20 Å². The van der Waals surface area contributed by atoms with Gasteiger partial charge >= 0.3 is 0 Å². The lowest BCUT2D eigenvalue weighted by atomic mass is 10.0. The van der Waals surface area contributed by atoms with E-state index in [1.807, 2.05) is 6.07 Å². The van der Waals surface area contributed by atoms with E-state index in [1.165, 1.54) is 57.2 Å². The Hall–Kier alpha value is -1.49. The first-order valence-corrected chi connectivity index (χ1v) is 11.0. The summed E-state index contributed by atoms with van der Waals surface area (Å²) in [5.74, 6) is 0. The summed E-state index contributed by atoms with van der Waals surface area (Å²) >= 11 is 5.88. The Kier molecular flexibility index (Phi) is 8.26. The van der Waals surface area contributed by atoms with Crippen molar-refractivity contribution in [1.29, 1.82) is 0 Å². The molecule has 0 amide bonds. The highest BCUT2D eigenvalue weighted by Gasteiger charge is 2.18. The van der Waals surface area contributed by atoms with E-state index in [-0.39, 0.29) is 0 Å². The van der Waals surface area contributed by atoms with Crippen LogP contribution in [0.4, 0.5) is 0 Å². The Morgan fingerprint density at radius 2 is 1.96 bits per heavy atom. The Balaban J connectivity index is 0.000000271. The average Bonchev–Trinajstić information content (AvgIpc) is 2.71. The highest BCUT2D eigenvalue weighted by Crippen LogP contribution is 2.23. The van der Waals surface area contributed by atoms with Crippen molar-refractivity contribution in [2.45, 2.75) is 71.0 Å². The third kappa shape index (κ3) is 6.54. The van der Waals surface area contributed by atoms with Gasteiger partial charge < -0.3 is 5.32 Å². The van der Waals surface area contributed by atoms with Crippen LogP contribution in [0.25, 0.3) is 11.3 Å². The predicted molar refractivity (Wildman–Crippen MR) is 118 cm³/mol. The molecule has 4 rings (SSSR count). The lowest BCUT2D eigenvalue weighted by Crippen LogP contribution is -2.36. The second kappa shape index (κ2) is 10.9. The minimum atomic E-state index is 0.294. The maximum absolute atomic E-state index is 5.88. The molecule has 2 fully saturated rings. The molecule has 0 radical (unpaired) electrons. The monoisotopic (exact) mass is 400 g/mol. The maximum atomic E-state index is 5.88. The van der Waals surface area contributed by atoms with Crippen LogP contribution in [-0.4, -0.2) is 40.0 Å². The standard InChI is InChI=1S/C17H20ClN3.C6H13N/c1-13-5-2-3-10-21(13)12-14-6-4-7-15(11-14)16-8-9-19-17(18)20-16;1-6-4-2-3-5-7-6/h4,6-9,11,13H,2-3,5,10,12H2,1H3;6-7H,2-5H2,1H3. The molecule has 2 unspecified atom stereocenters. The van der Waals surface area contributed by atoms with Gasteiger partial charge in [0.05, 0.1) is 5.69 Å². The summed E-state index contributed by atoms with van der Waals surface area (Å²) in [6, 6.07) is 11.9. The number of hydrogen-bond acceptors (Lipinski definition) is 4. The first kappa shape index (κ1) is 21.2. The number of aromatic nitrogens is 2. The van der Waals surface area contributed by atoms with Gasteiger partial charge in [0.1, 0.15) is 0 Å². The van der Waals surface area contributed by atoms with E-state index in [0.717, 1.165) is 23.8 Å². The number of nitrogens with zero attached hydrogens (tertiary/aromatic N) is 3. The van der Waals surface area contributed by atoms with Crippen LogP contribution in [-0.2, 0) is 6.54 Å². The van der Waals surface area contributed by atoms with Crippen molar-refractivity contribution in [3.8, 4) is 11.3 Å². The molecule has 0 saturated carbocycles. The predicted octanol–water partition coefficient (Wildman–Crippen LogP) is 5.32. The van der Waals surface area contributed by atoms with Crippen LogP contribution in [0.2, 0.25) is 5.28 Å². The van der Waals surface area contributed by atoms with Gasteiger partial charge in [0.25, 0.3) is 0 Å². The number of halogens is 1. The molecule has 1 aromatic heterocycles. The van der Waals surface area contributed by atoms with E-state index >= 15 is 0 Å². The minimum absolute atomic E-state index is 0.294. The van der Waals surface area contributed by atoms with E-state index < -0.39 is 0 Å². The SMILES string of the molecule is CC1CCCCN1.CC1CCCCN1Cc1cccc(-c2ccnc(Cl)n2)c1. The second-order valence-electron chi connectivity index (χ2n) is 8.08. The van der Waals surface area contributed by atoms with Crippen molar-refractivity contribution < 1.29 is 0 Å². The fraction of sp³-hybridized carbons (Fsp3) is 0.565. The molecule has 2 aromatic rings. The average molecular weight is 401 g/mol. The van der Waals surface area contributed by atoms with Gasteiger partial charge in [-0.25, -0.2) is 9.97 Å². The van der Waals surface area contributed by atoms with Gasteiger partial charge in [0.15, 0.2) is 0 Å². The van der Waals surface area contributed by atoms with Crippen molar-refractivity contribution in [3.05, 3.63) is 47.4 Å². The van der Waals surface area contributed by atoms with E-state index in [4.69, 9.17) is 11.6 Å². The summed E-state index contributed by atoms with van der Waals surface area (Å²) in [7, 11) is 0. The number of piperidine rings is 2. The second-order valence-corrected chi connectivity index (χ2v) is 8.42. The van der Waals surface area contributed by atoms with Crippen LogP contribution < -0.4 is 5.32 Å². The molecular weight excluding hydrogens is 368 g/mol. The zero-order valence-corrected chi connectivity index (χ0v) is 18.0. The molecule has 4 nitrogen and oxygen atoms in total. The number of rotatable bonds is 3. The van der Waals surface area contributed by atoms with Crippen molar-refractivity contribution >= 4 is 11.6 Å². The minimum Gasteiger partial charge on any atom is -0.314 e.